The SMILES string of the molecule is [O-][n+]1nc2ccccc2c2cc3ccccc3nc21. The van der Waals surface area contributed by atoms with Crippen LogP contribution in [-0.4, -0.2) is 10.1 Å². The molecule has 19 heavy (non-hydrogen) atoms. The molecule has 0 radical (unpaired) electrons. The Morgan fingerprint density at radius 2 is 1.58 bits per heavy atom. The lowest BCUT2D eigenvalue weighted by molar-refractivity contribution is -0.641. The Morgan fingerprint density at radius 1 is 0.842 bits per heavy atom. The van der Waals surface area contributed by atoms with Gasteiger partial charge in [-0.1, -0.05) is 41.5 Å². The highest BCUT2D eigenvalue weighted by molar-refractivity contribution is 6.05. The van der Waals surface area contributed by atoms with E-state index < -0.39 is 0 Å². The Hall–Kier alpha value is -2.75. The van der Waals surface area contributed by atoms with Gasteiger partial charge in [0.15, 0.2) is 5.52 Å². The number of para-hydroxylation sites is 1. The predicted octanol–water partition coefficient (Wildman–Crippen LogP) is 2.57. The Balaban J connectivity index is 2.30. The minimum absolute atomic E-state index is 0.359. The standard InChI is InChI=1S/C15H9N3O/c19-18-15-12(11-6-2-4-8-14(11)17-18)9-10-5-1-3-7-13(10)16-15/h1-9H. The maximum absolute atomic E-state index is 12.0. The molecule has 0 atom stereocenters. The zero-order valence-electron chi connectivity index (χ0n) is 9.95. The summed E-state index contributed by atoms with van der Waals surface area (Å²) in [6, 6.07) is 17.4. The van der Waals surface area contributed by atoms with Gasteiger partial charge in [-0.25, -0.2) is 0 Å². The molecule has 0 saturated carbocycles. The van der Waals surface area contributed by atoms with Gasteiger partial charge in [0.2, 0.25) is 0 Å². The lowest BCUT2D eigenvalue weighted by atomic mass is 10.1. The molecule has 2 heterocycles. The fourth-order valence-electron chi connectivity index (χ4n) is 2.38. The normalized spacial score (nSPS) is 11.4. The van der Waals surface area contributed by atoms with Crippen molar-refractivity contribution in [3.8, 4) is 0 Å². The second-order valence-corrected chi connectivity index (χ2v) is 4.44. The fourth-order valence-corrected chi connectivity index (χ4v) is 2.38. The molecule has 0 aliphatic carbocycles. The van der Waals surface area contributed by atoms with Crippen molar-refractivity contribution in [2.75, 3.05) is 0 Å². The summed E-state index contributed by atoms with van der Waals surface area (Å²) in [6.45, 7) is 0. The highest BCUT2D eigenvalue weighted by Crippen LogP contribution is 2.23. The Labute approximate surface area is 108 Å². The van der Waals surface area contributed by atoms with Crippen LogP contribution in [0.4, 0.5) is 0 Å². The second-order valence-electron chi connectivity index (χ2n) is 4.44. The molecule has 0 spiro atoms. The van der Waals surface area contributed by atoms with Crippen LogP contribution in [-0.2, 0) is 0 Å². The number of fused-ring (bicyclic) bond motifs is 4. The molecule has 0 aliphatic heterocycles. The van der Waals surface area contributed by atoms with Crippen LogP contribution in [0.2, 0.25) is 0 Å². The van der Waals surface area contributed by atoms with Crippen molar-refractivity contribution in [3.05, 3.63) is 59.8 Å². The molecule has 90 valence electrons. The third kappa shape index (κ3) is 1.43. The Kier molecular flexibility index (Phi) is 1.94. The van der Waals surface area contributed by atoms with Crippen LogP contribution in [0.5, 0.6) is 0 Å². The van der Waals surface area contributed by atoms with Crippen LogP contribution in [0, 0.1) is 5.21 Å². The minimum atomic E-state index is 0.359. The molecule has 0 amide bonds. The summed E-state index contributed by atoms with van der Waals surface area (Å²) < 4.78 is 0. The van der Waals surface area contributed by atoms with Crippen molar-refractivity contribution in [1.29, 1.82) is 0 Å². The topological polar surface area (TPSA) is 52.7 Å². The molecular formula is C15H9N3O. The lowest BCUT2D eigenvalue weighted by Crippen LogP contribution is -2.32. The first-order valence-corrected chi connectivity index (χ1v) is 6.01. The lowest BCUT2D eigenvalue weighted by Gasteiger charge is -2.05. The summed E-state index contributed by atoms with van der Waals surface area (Å²) in [5, 5.41) is 18.8. The van der Waals surface area contributed by atoms with E-state index in [1.54, 1.807) is 0 Å². The number of hydrogen-bond donors (Lipinski definition) is 0. The summed E-state index contributed by atoms with van der Waals surface area (Å²) in [5.41, 5.74) is 1.84. The third-order valence-corrected chi connectivity index (χ3v) is 3.28. The van der Waals surface area contributed by atoms with Crippen LogP contribution in [0.15, 0.2) is 54.6 Å². The predicted molar refractivity (Wildman–Crippen MR) is 73.5 cm³/mol. The summed E-state index contributed by atoms with van der Waals surface area (Å²) in [4.78, 5) is 5.02. The smallest absolute Gasteiger partial charge is 0.355 e. The van der Waals surface area contributed by atoms with Crippen LogP contribution in [0.25, 0.3) is 32.8 Å². The number of benzene rings is 2. The van der Waals surface area contributed by atoms with E-state index >= 15 is 0 Å². The molecule has 2 aromatic carbocycles. The third-order valence-electron chi connectivity index (χ3n) is 3.28. The average Bonchev–Trinajstić information content (AvgIpc) is 2.46. The highest BCUT2D eigenvalue weighted by Gasteiger charge is 2.13. The summed E-state index contributed by atoms with van der Waals surface area (Å²) >= 11 is 0. The summed E-state index contributed by atoms with van der Waals surface area (Å²) in [5.74, 6) is 0. The van der Waals surface area contributed by atoms with E-state index in [-0.39, 0.29) is 0 Å². The van der Waals surface area contributed by atoms with Crippen molar-refractivity contribution in [1.82, 2.24) is 10.1 Å². The first-order valence-electron chi connectivity index (χ1n) is 6.01. The average molecular weight is 247 g/mol. The first kappa shape index (κ1) is 10.2. The van der Waals surface area contributed by atoms with Gasteiger partial charge in [-0.05, 0) is 23.2 Å². The van der Waals surface area contributed by atoms with E-state index in [9.17, 15) is 5.21 Å². The Bertz CT molecular complexity index is 934. The molecule has 0 unspecified atom stereocenters. The molecule has 2 aromatic heterocycles. The quantitative estimate of drug-likeness (QED) is 0.208. The summed E-state index contributed by atoms with van der Waals surface area (Å²) in [6.07, 6.45) is 0. The van der Waals surface area contributed by atoms with Gasteiger partial charge < -0.3 is 5.21 Å². The van der Waals surface area contributed by atoms with Gasteiger partial charge in [-0.3, -0.25) is 0 Å². The molecular weight excluding hydrogens is 238 g/mol. The van der Waals surface area contributed by atoms with Crippen molar-refractivity contribution in [3.63, 3.8) is 0 Å². The van der Waals surface area contributed by atoms with Crippen molar-refractivity contribution >= 4 is 32.8 Å². The van der Waals surface area contributed by atoms with Crippen molar-refractivity contribution in [2.24, 2.45) is 0 Å². The number of hydrogen-bond acceptors (Lipinski definition) is 3. The highest BCUT2D eigenvalue weighted by atomic mass is 16.5. The number of pyridine rings is 1. The number of nitrogens with zero attached hydrogens (tertiary/aromatic N) is 3. The second kappa shape index (κ2) is 3.62. The van der Waals surface area contributed by atoms with E-state index in [2.05, 4.69) is 10.1 Å². The maximum atomic E-state index is 12.0. The zero-order valence-corrected chi connectivity index (χ0v) is 9.95. The zero-order chi connectivity index (χ0) is 12.8. The first-order chi connectivity index (χ1) is 9.33. The minimum Gasteiger partial charge on any atom is -0.690 e. The molecule has 4 aromatic rings. The van der Waals surface area contributed by atoms with Gasteiger partial charge in [0.1, 0.15) is 5.52 Å². The van der Waals surface area contributed by atoms with Gasteiger partial charge in [-0.15, -0.1) is 4.85 Å². The van der Waals surface area contributed by atoms with Crippen LogP contribution >= 0.6 is 0 Å². The molecule has 4 nitrogen and oxygen atoms in total. The van der Waals surface area contributed by atoms with E-state index in [0.29, 0.717) is 16.0 Å². The molecule has 4 rings (SSSR count). The summed E-state index contributed by atoms with van der Waals surface area (Å²) in [7, 11) is 0. The van der Waals surface area contributed by atoms with Gasteiger partial charge in [0.05, 0.1) is 5.39 Å². The number of aromatic nitrogens is 3. The molecule has 0 aliphatic rings. The van der Waals surface area contributed by atoms with Gasteiger partial charge in [0.25, 0.3) is 0 Å². The van der Waals surface area contributed by atoms with Crippen LogP contribution in [0.3, 0.4) is 0 Å². The van der Waals surface area contributed by atoms with E-state index in [1.807, 2.05) is 54.6 Å². The molecule has 0 bridgehead atoms. The van der Waals surface area contributed by atoms with Gasteiger partial charge in [0, 0.05) is 10.8 Å². The molecule has 4 heteroatoms. The number of rotatable bonds is 0. The van der Waals surface area contributed by atoms with Gasteiger partial charge >= 0.3 is 5.65 Å². The van der Waals surface area contributed by atoms with E-state index in [1.165, 1.54) is 0 Å². The largest absolute Gasteiger partial charge is 0.690 e. The fraction of sp³-hybridized carbons (Fsp3) is 0. The van der Waals surface area contributed by atoms with E-state index in [4.69, 9.17) is 0 Å². The van der Waals surface area contributed by atoms with Gasteiger partial charge in [-0.2, -0.15) is 0 Å². The molecule has 0 fully saturated rings. The molecule has 0 saturated heterocycles. The van der Waals surface area contributed by atoms with Crippen molar-refractivity contribution < 1.29 is 4.85 Å². The van der Waals surface area contributed by atoms with E-state index in [0.717, 1.165) is 21.7 Å². The van der Waals surface area contributed by atoms with Crippen LogP contribution < -0.4 is 4.85 Å². The van der Waals surface area contributed by atoms with Crippen molar-refractivity contribution in [2.45, 2.75) is 0 Å². The maximum Gasteiger partial charge on any atom is 0.355 e. The molecule has 0 N–H and O–H groups in total. The van der Waals surface area contributed by atoms with Crippen LogP contribution in [0.1, 0.15) is 0 Å². The monoisotopic (exact) mass is 247 g/mol. The Morgan fingerprint density at radius 3 is 2.47 bits per heavy atom.